The van der Waals surface area contributed by atoms with Crippen LogP contribution in [0.15, 0.2) is 17.5 Å². The molecule has 1 rings (SSSR count). The van der Waals surface area contributed by atoms with Crippen LogP contribution in [0.3, 0.4) is 0 Å². The predicted octanol–water partition coefficient (Wildman–Crippen LogP) is 2.91. The number of amides is 1. The summed E-state index contributed by atoms with van der Waals surface area (Å²) in [4.78, 5) is 12.3. The third-order valence-corrected chi connectivity index (χ3v) is 2.77. The summed E-state index contributed by atoms with van der Waals surface area (Å²) in [7, 11) is 0. The number of thiophene rings is 1. The summed E-state index contributed by atoms with van der Waals surface area (Å²) in [5.74, 6) is 0.0456. The maximum Gasteiger partial charge on any atom is 0.261 e. The Balaban J connectivity index is 2.30. The van der Waals surface area contributed by atoms with Gasteiger partial charge < -0.3 is 5.32 Å². The SMILES string of the molecule is CC(C)(C)CCNC(=O)c1cccs1. The van der Waals surface area contributed by atoms with Crippen LogP contribution >= 0.6 is 11.3 Å². The largest absolute Gasteiger partial charge is 0.351 e. The molecule has 0 saturated carbocycles. The van der Waals surface area contributed by atoms with Gasteiger partial charge in [0.15, 0.2) is 0 Å². The summed E-state index contributed by atoms with van der Waals surface area (Å²) in [5.41, 5.74) is 0.280. The monoisotopic (exact) mass is 211 g/mol. The quantitative estimate of drug-likeness (QED) is 0.818. The van der Waals surface area contributed by atoms with Gasteiger partial charge in [-0.15, -0.1) is 11.3 Å². The topological polar surface area (TPSA) is 29.1 Å². The van der Waals surface area contributed by atoms with Crippen LogP contribution in [0.1, 0.15) is 36.9 Å². The molecule has 1 heterocycles. The zero-order chi connectivity index (χ0) is 10.6. The lowest BCUT2D eigenvalue weighted by atomic mass is 9.92. The highest BCUT2D eigenvalue weighted by molar-refractivity contribution is 7.12. The normalized spacial score (nSPS) is 11.4. The van der Waals surface area contributed by atoms with E-state index in [-0.39, 0.29) is 11.3 Å². The molecule has 1 amide bonds. The van der Waals surface area contributed by atoms with E-state index in [2.05, 4.69) is 26.1 Å². The van der Waals surface area contributed by atoms with Crippen molar-refractivity contribution in [3.05, 3.63) is 22.4 Å². The molecular weight excluding hydrogens is 194 g/mol. The second-order valence-corrected chi connectivity index (χ2v) is 5.49. The molecule has 0 unspecified atom stereocenters. The van der Waals surface area contributed by atoms with Gasteiger partial charge in [-0.25, -0.2) is 0 Å². The van der Waals surface area contributed by atoms with E-state index in [1.807, 2.05) is 17.5 Å². The first-order valence-electron chi connectivity index (χ1n) is 4.81. The fourth-order valence-corrected chi connectivity index (χ4v) is 1.69. The number of rotatable bonds is 3. The number of nitrogens with one attached hydrogen (secondary N) is 1. The summed E-state index contributed by atoms with van der Waals surface area (Å²) in [6.45, 7) is 7.26. The van der Waals surface area contributed by atoms with Crippen molar-refractivity contribution in [1.29, 1.82) is 0 Å². The molecule has 0 aliphatic carbocycles. The van der Waals surface area contributed by atoms with E-state index < -0.39 is 0 Å². The minimum absolute atomic E-state index is 0.0456. The van der Waals surface area contributed by atoms with Gasteiger partial charge in [0.1, 0.15) is 0 Å². The third-order valence-electron chi connectivity index (χ3n) is 1.91. The Kier molecular flexibility index (Phi) is 3.69. The number of hydrogen-bond acceptors (Lipinski definition) is 2. The molecule has 0 aliphatic rings. The minimum Gasteiger partial charge on any atom is -0.351 e. The van der Waals surface area contributed by atoms with Gasteiger partial charge in [-0.1, -0.05) is 26.8 Å². The lowest BCUT2D eigenvalue weighted by Gasteiger charge is -2.17. The lowest BCUT2D eigenvalue weighted by molar-refractivity contribution is 0.0953. The number of carbonyl (C=O) groups excluding carboxylic acids is 1. The Morgan fingerprint density at radius 3 is 2.71 bits per heavy atom. The molecular formula is C11H17NOS. The van der Waals surface area contributed by atoms with E-state index in [1.165, 1.54) is 11.3 Å². The Bertz CT molecular complexity index is 285. The van der Waals surface area contributed by atoms with Gasteiger partial charge in [0.05, 0.1) is 4.88 Å². The van der Waals surface area contributed by atoms with Crippen molar-refractivity contribution in [2.24, 2.45) is 5.41 Å². The maximum absolute atomic E-state index is 11.5. The third kappa shape index (κ3) is 3.92. The van der Waals surface area contributed by atoms with Crippen molar-refractivity contribution in [1.82, 2.24) is 5.32 Å². The van der Waals surface area contributed by atoms with Gasteiger partial charge >= 0.3 is 0 Å². The summed E-state index contributed by atoms with van der Waals surface area (Å²) in [6, 6.07) is 3.74. The van der Waals surface area contributed by atoms with Gasteiger partial charge in [-0.05, 0) is 23.3 Å². The molecule has 0 atom stereocenters. The summed E-state index contributed by atoms with van der Waals surface area (Å²) in [6.07, 6.45) is 1.00. The molecule has 0 aliphatic heterocycles. The van der Waals surface area contributed by atoms with Crippen LogP contribution in [0.5, 0.6) is 0 Å². The van der Waals surface area contributed by atoms with Crippen molar-refractivity contribution < 1.29 is 4.79 Å². The van der Waals surface area contributed by atoms with Crippen LogP contribution < -0.4 is 5.32 Å². The maximum atomic E-state index is 11.5. The van der Waals surface area contributed by atoms with Crippen LogP contribution in [0, 0.1) is 5.41 Å². The molecule has 1 N–H and O–H groups in total. The Morgan fingerprint density at radius 1 is 1.50 bits per heavy atom. The fourth-order valence-electron chi connectivity index (χ4n) is 1.05. The van der Waals surface area contributed by atoms with Gasteiger partial charge in [0.2, 0.25) is 0 Å². The first-order chi connectivity index (χ1) is 6.49. The first kappa shape index (κ1) is 11.2. The van der Waals surface area contributed by atoms with Gasteiger partial charge in [-0.3, -0.25) is 4.79 Å². The smallest absolute Gasteiger partial charge is 0.261 e. The zero-order valence-electron chi connectivity index (χ0n) is 8.96. The van der Waals surface area contributed by atoms with E-state index in [4.69, 9.17) is 0 Å². The van der Waals surface area contributed by atoms with Crippen LogP contribution in [0.2, 0.25) is 0 Å². The van der Waals surface area contributed by atoms with E-state index >= 15 is 0 Å². The molecule has 78 valence electrons. The standard InChI is InChI=1S/C11H17NOS/c1-11(2,3)6-7-12-10(13)9-5-4-8-14-9/h4-5,8H,6-7H2,1-3H3,(H,12,13). The number of carbonyl (C=O) groups is 1. The van der Waals surface area contributed by atoms with E-state index in [1.54, 1.807) is 0 Å². The lowest BCUT2D eigenvalue weighted by Crippen LogP contribution is -2.26. The Labute approximate surface area is 89.3 Å². The summed E-state index contributed by atoms with van der Waals surface area (Å²) < 4.78 is 0. The van der Waals surface area contributed by atoms with Gasteiger partial charge in [0, 0.05) is 6.54 Å². The van der Waals surface area contributed by atoms with Gasteiger partial charge in [0.25, 0.3) is 5.91 Å². The first-order valence-corrected chi connectivity index (χ1v) is 5.69. The van der Waals surface area contributed by atoms with Crippen LogP contribution in [-0.4, -0.2) is 12.5 Å². The van der Waals surface area contributed by atoms with Crippen LogP contribution in [0.4, 0.5) is 0 Å². The van der Waals surface area contributed by atoms with Crippen LogP contribution in [-0.2, 0) is 0 Å². The van der Waals surface area contributed by atoms with E-state index in [0.29, 0.717) is 0 Å². The van der Waals surface area contributed by atoms with Gasteiger partial charge in [-0.2, -0.15) is 0 Å². The molecule has 0 aromatic carbocycles. The highest BCUT2D eigenvalue weighted by atomic mass is 32.1. The molecule has 3 heteroatoms. The Hall–Kier alpha value is -0.830. The molecule has 0 spiro atoms. The molecule has 0 fully saturated rings. The highest BCUT2D eigenvalue weighted by Gasteiger charge is 2.11. The average molecular weight is 211 g/mol. The van der Waals surface area contributed by atoms with E-state index in [0.717, 1.165) is 17.8 Å². The molecule has 1 aromatic rings. The van der Waals surface area contributed by atoms with Crippen molar-refractivity contribution in [3.8, 4) is 0 Å². The van der Waals surface area contributed by atoms with Crippen molar-refractivity contribution >= 4 is 17.2 Å². The molecule has 2 nitrogen and oxygen atoms in total. The second-order valence-electron chi connectivity index (χ2n) is 4.54. The van der Waals surface area contributed by atoms with E-state index in [9.17, 15) is 4.79 Å². The molecule has 1 aromatic heterocycles. The van der Waals surface area contributed by atoms with Crippen molar-refractivity contribution in [3.63, 3.8) is 0 Å². The highest BCUT2D eigenvalue weighted by Crippen LogP contribution is 2.17. The fraction of sp³-hybridized carbons (Fsp3) is 0.545. The second kappa shape index (κ2) is 4.60. The molecule has 0 saturated heterocycles. The summed E-state index contributed by atoms with van der Waals surface area (Å²) >= 11 is 1.48. The predicted molar refractivity (Wildman–Crippen MR) is 60.7 cm³/mol. The zero-order valence-corrected chi connectivity index (χ0v) is 9.78. The molecule has 0 radical (unpaired) electrons. The Morgan fingerprint density at radius 2 is 2.21 bits per heavy atom. The molecule has 14 heavy (non-hydrogen) atoms. The molecule has 0 bridgehead atoms. The number of hydrogen-bond donors (Lipinski definition) is 1. The minimum atomic E-state index is 0.0456. The van der Waals surface area contributed by atoms with Crippen molar-refractivity contribution in [2.45, 2.75) is 27.2 Å². The van der Waals surface area contributed by atoms with Crippen LogP contribution in [0.25, 0.3) is 0 Å². The average Bonchev–Trinajstić information content (AvgIpc) is 2.53. The van der Waals surface area contributed by atoms with Crippen molar-refractivity contribution in [2.75, 3.05) is 6.54 Å². The summed E-state index contributed by atoms with van der Waals surface area (Å²) in [5, 5.41) is 4.83.